The lowest BCUT2D eigenvalue weighted by Crippen LogP contribution is -2.16. The number of hydrogen-bond donors (Lipinski definition) is 3. The zero-order chi connectivity index (χ0) is 20.7. The SMILES string of the molecule is N/C(=N/O)c1nn(-c2c(Cl)cc(C(F)(F)F)cc2Cl)c(N)c1SC(F)(F)F. The molecule has 0 saturated heterocycles. The zero-order valence-corrected chi connectivity index (χ0v) is 14.9. The number of nitrogens with zero attached hydrogens (tertiary/aromatic N) is 3. The molecule has 5 N–H and O–H groups in total. The first-order valence-electron chi connectivity index (χ1n) is 6.45. The topological polar surface area (TPSA) is 102 Å². The van der Waals surface area contributed by atoms with Gasteiger partial charge in [0.1, 0.15) is 17.2 Å². The minimum absolute atomic E-state index is 0.412. The van der Waals surface area contributed by atoms with Gasteiger partial charge >= 0.3 is 11.7 Å². The van der Waals surface area contributed by atoms with Crippen molar-refractivity contribution in [2.24, 2.45) is 10.9 Å². The van der Waals surface area contributed by atoms with E-state index in [1.807, 2.05) is 0 Å². The molecule has 27 heavy (non-hydrogen) atoms. The van der Waals surface area contributed by atoms with Crippen LogP contribution in [-0.2, 0) is 6.18 Å². The number of rotatable bonds is 3. The van der Waals surface area contributed by atoms with E-state index in [4.69, 9.17) is 39.9 Å². The standard InChI is InChI=1S/C12H7Cl2F6N5OS/c13-4-1-3(11(15,16)17)2-5(14)7(4)25-10(22)8(27-12(18,19)20)6(23-25)9(21)24-26/h1-2,26H,22H2,(H2,21,24). The Morgan fingerprint density at radius 1 is 1.15 bits per heavy atom. The molecule has 1 aromatic carbocycles. The third-order valence-electron chi connectivity index (χ3n) is 3.00. The minimum atomic E-state index is -4.82. The number of anilines is 1. The van der Waals surface area contributed by atoms with E-state index in [-0.39, 0.29) is 0 Å². The summed E-state index contributed by atoms with van der Waals surface area (Å²) in [5.41, 5.74) is 3.87. The summed E-state index contributed by atoms with van der Waals surface area (Å²) < 4.78 is 77.3. The molecule has 0 aliphatic heterocycles. The predicted molar refractivity (Wildman–Crippen MR) is 87.4 cm³/mol. The highest BCUT2D eigenvalue weighted by atomic mass is 35.5. The monoisotopic (exact) mass is 453 g/mol. The van der Waals surface area contributed by atoms with E-state index in [0.717, 1.165) is 0 Å². The molecule has 0 bridgehead atoms. The quantitative estimate of drug-likeness (QED) is 0.159. The van der Waals surface area contributed by atoms with Crippen molar-refractivity contribution >= 4 is 46.6 Å². The van der Waals surface area contributed by atoms with E-state index in [1.165, 1.54) is 0 Å². The Morgan fingerprint density at radius 3 is 2.07 bits per heavy atom. The molecule has 0 unspecified atom stereocenters. The van der Waals surface area contributed by atoms with Crippen LogP contribution in [0, 0.1) is 0 Å². The van der Waals surface area contributed by atoms with Crippen LogP contribution < -0.4 is 11.5 Å². The summed E-state index contributed by atoms with van der Waals surface area (Å²) in [6, 6.07) is 1.01. The summed E-state index contributed by atoms with van der Waals surface area (Å²) >= 11 is 10.9. The third kappa shape index (κ3) is 4.47. The largest absolute Gasteiger partial charge is 0.446 e. The minimum Gasteiger partial charge on any atom is -0.409 e. The van der Waals surface area contributed by atoms with Crippen LogP contribution in [0.4, 0.5) is 32.2 Å². The second-order valence-electron chi connectivity index (χ2n) is 4.79. The van der Waals surface area contributed by atoms with Crippen molar-refractivity contribution < 1.29 is 31.5 Å². The highest BCUT2D eigenvalue weighted by molar-refractivity contribution is 8.00. The van der Waals surface area contributed by atoms with E-state index in [1.54, 1.807) is 0 Å². The van der Waals surface area contributed by atoms with Crippen molar-refractivity contribution in [2.75, 3.05) is 5.73 Å². The second kappa shape index (κ2) is 7.20. The first-order valence-corrected chi connectivity index (χ1v) is 8.02. The smallest absolute Gasteiger partial charge is 0.409 e. The number of thioether (sulfide) groups is 1. The molecule has 0 spiro atoms. The van der Waals surface area contributed by atoms with Gasteiger partial charge in [-0.25, -0.2) is 4.68 Å². The first kappa shape index (κ1) is 21.3. The van der Waals surface area contributed by atoms with Gasteiger partial charge in [-0.1, -0.05) is 28.4 Å². The average molecular weight is 454 g/mol. The Morgan fingerprint density at radius 2 is 1.67 bits per heavy atom. The lowest BCUT2D eigenvalue weighted by molar-refractivity contribution is -0.137. The summed E-state index contributed by atoms with van der Waals surface area (Å²) in [7, 11) is 0. The molecule has 15 heteroatoms. The zero-order valence-electron chi connectivity index (χ0n) is 12.5. The van der Waals surface area contributed by atoms with Gasteiger partial charge in [0, 0.05) is 0 Å². The molecule has 0 saturated carbocycles. The van der Waals surface area contributed by atoms with Gasteiger partial charge < -0.3 is 16.7 Å². The highest BCUT2D eigenvalue weighted by Crippen LogP contribution is 2.44. The summed E-state index contributed by atoms with van der Waals surface area (Å²) in [6.07, 6.45) is -4.77. The number of nitrogen functional groups attached to an aromatic ring is 1. The maximum absolute atomic E-state index is 12.8. The molecule has 0 aliphatic rings. The Bertz CT molecular complexity index is 888. The van der Waals surface area contributed by atoms with Crippen molar-refractivity contribution in [3.8, 4) is 5.69 Å². The number of amidine groups is 1. The molecule has 0 atom stereocenters. The molecule has 6 nitrogen and oxygen atoms in total. The van der Waals surface area contributed by atoms with Crippen molar-refractivity contribution in [2.45, 2.75) is 16.6 Å². The molecular weight excluding hydrogens is 447 g/mol. The van der Waals surface area contributed by atoms with E-state index in [2.05, 4.69) is 10.3 Å². The van der Waals surface area contributed by atoms with Gasteiger partial charge in [0.15, 0.2) is 5.84 Å². The molecule has 0 amide bonds. The summed E-state index contributed by atoms with van der Waals surface area (Å²) in [4.78, 5) is -0.746. The lowest BCUT2D eigenvalue weighted by atomic mass is 10.2. The lowest BCUT2D eigenvalue weighted by Gasteiger charge is -2.13. The Kier molecular flexibility index (Phi) is 5.69. The van der Waals surface area contributed by atoms with E-state index >= 15 is 0 Å². The number of halogens is 8. The molecule has 2 rings (SSSR count). The average Bonchev–Trinajstić information content (AvgIpc) is 2.81. The highest BCUT2D eigenvalue weighted by Gasteiger charge is 2.36. The fraction of sp³-hybridized carbons (Fsp3) is 0.167. The van der Waals surface area contributed by atoms with Gasteiger partial charge in [0.2, 0.25) is 0 Å². The van der Waals surface area contributed by atoms with E-state index in [0.29, 0.717) is 16.8 Å². The van der Waals surface area contributed by atoms with Crippen LogP contribution >= 0.6 is 35.0 Å². The fourth-order valence-electron chi connectivity index (χ4n) is 1.95. The van der Waals surface area contributed by atoms with Crippen LogP contribution in [0.1, 0.15) is 11.3 Å². The van der Waals surface area contributed by atoms with Crippen LogP contribution in [0.5, 0.6) is 0 Å². The molecule has 0 radical (unpaired) electrons. The van der Waals surface area contributed by atoms with Crippen molar-refractivity contribution in [3.05, 3.63) is 33.4 Å². The molecule has 0 aliphatic carbocycles. The number of aromatic nitrogens is 2. The number of alkyl halides is 6. The van der Waals surface area contributed by atoms with Gasteiger partial charge in [0.25, 0.3) is 0 Å². The molecular formula is C12H7Cl2F6N5OS. The third-order valence-corrected chi connectivity index (χ3v) is 4.41. The normalized spacial score (nSPS) is 13.3. The predicted octanol–water partition coefficient (Wildman–Crippen LogP) is 4.49. The van der Waals surface area contributed by atoms with Gasteiger partial charge in [-0.2, -0.15) is 31.4 Å². The van der Waals surface area contributed by atoms with E-state index in [9.17, 15) is 26.3 Å². The van der Waals surface area contributed by atoms with Gasteiger partial charge in [-0.15, -0.1) is 0 Å². The Balaban J connectivity index is 2.74. The summed E-state index contributed by atoms with van der Waals surface area (Å²) in [6.45, 7) is 0. The molecule has 2 aromatic rings. The van der Waals surface area contributed by atoms with Crippen molar-refractivity contribution in [1.29, 1.82) is 0 Å². The summed E-state index contributed by atoms with van der Waals surface area (Å²) in [5, 5.41) is 13.8. The Hall–Kier alpha value is -1.99. The fourth-order valence-corrected chi connectivity index (χ4v) is 3.26. The maximum atomic E-state index is 12.8. The van der Waals surface area contributed by atoms with Gasteiger partial charge in [-0.3, -0.25) is 0 Å². The van der Waals surface area contributed by atoms with E-state index < -0.39 is 67.0 Å². The maximum Gasteiger partial charge on any atom is 0.446 e. The van der Waals surface area contributed by atoms with Crippen molar-refractivity contribution in [3.63, 3.8) is 0 Å². The number of nitrogens with two attached hydrogens (primary N) is 2. The number of oxime groups is 1. The second-order valence-corrected chi connectivity index (χ2v) is 6.68. The van der Waals surface area contributed by atoms with Crippen LogP contribution in [0.2, 0.25) is 10.0 Å². The van der Waals surface area contributed by atoms with Crippen molar-refractivity contribution in [1.82, 2.24) is 9.78 Å². The molecule has 1 heterocycles. The Labute approximate surface area is 160 Å². The molecule has 1 aromatic heterocycles. The first-order chi connectivity index (χ1) is 12.3. The number of hydrogen-bond acceptors (Lipinski definition) is 5. The molecule has 0 fully saturated rings. The number of benzene rings is 1. The van der Waals surface area contributed by atoms with Crippen LogP contribution in [0.25, 0.3) is 5.69 Å². The van der Waals surface area contributed by atoms with Crippen LogP contribution in [-0.4, -0.2) is 26.3 Å². The van der Waals surface area contributed by atoms with Gasteiger partial charge in [-0.05, 0) is 23.9 Å². The molecule has 148 valence electrons. The van der Waals surface area contributed by atoms with Crippen LogP contribution in [0.15, 0.2) is 22.2 Å². The van der Waals surface area contributed by atoms with Gasteiger partial charge in [0.05, 0.1) is 20.5 Å². The summed E-state index contributed by atoms with van der Waals surface area (Å²) in [5.74, 6) is -1.49. The van der Waals surface area contributed by atoms with Crippen LogP contribution in [0.3, 0.4) is 0 Å².